The Bertz CT molecular complexity index is 1030. The lowest BCUT2D eigenvalue weighted by molar-refractivity contribution is -0.127. The third-order valence-corrected chi connectivity index (χ3v) is 6.16. The molecule has 1 heterocycles. The largest absolute Gasteiger partial charge is 0.352 e. The Balaban J connectivity index is 1.47. The highest BCUT2D eigenvalue weighted by Crippen LogP contribution is 2.35. The highest BCUT2D eigenvalue weighted by molar-refractivity contribution is 6.30. The Kier molecular flexibility index (Phi) is 7.00. The fourth-order valence-electron chi connectivity index (χ4n) is 4.32. The molecule has 0 saturated carbocycles. The molecule has 160 valence electrons. The molecule has 1 aliphatic rings. The second-order valence-electron chi connectivity index (χ2n) is 8.07. The van der Waals surface area contributed by atoms with E-state index in [0.29, 0.717) is 17.1 Å². The smallest absolute Gasteiger partial charge is 0.224 e. The number of halogens is 2. The van der Waals surface area contributed by atoms with Gasteiger partial charge in [0.1, 0.15) is 5.82 Å². The van der Waals surface area contributed by atoms with Gasteiger partial charge in [-0.15, -0.1) is 0 Å². The maximum Gasteiger partial charge on any atom is 0.224 e. The summed E-state index contributed by atoms with van der Waals surface area (Å²) in [6.07, 6.45) is 1.69. The van der Waals surface area contributed by atoms with Gasteiger partial charge in [0, 0.05) is 36.3 Å². The third-order valence-electron chi connectivity index (χ3n) is 5.92. The van der Waals surface area contributed by atoms with E-state index in [-0.39, 0.29) is 30.2 Å². The van der Waals surface area contributed by atoms with Crippen molar-refractivity contribution in [3.05, 3.63) is 106 Å². The average Bonchev–Trinajstić information content (AvgIpc) is 2.79. The molecule has 1 amide bonds. The van der Waals surface area contributed by atoms with E-state index < -0.39 is 0 Å². The van der Waals surface area contributed by atoms with E-state index in [0.717, 1.165) is 24.9 Å². The van der Waals surface area contributed by atoms with Gasteiger partial charge in [0.2, 0.25) is 5.91 Å². The van der Waals surface area contributed by atoms with Gasteiger partial charge in [0.05, 0.1) is 5.92 Å². The lowest BCUT2D eigenvalue weighted by Gasteiger charge is -2.39. The molecule has 0 aromatic heterocycles. The zero-order valence-corrected chi connectivity index (χ0v) is 18.1. The minimum Gasteiger partial charge on any atom is -0.352 e. The van der Waals surface area contributed by atoms with E-state index in [1.807, 2.05) is 24.3 Å². The molecule has 1 saturated heterocycles. The van der Waals surface area contributed by atoms with Crippen LogP contribution in [0.4, 0.5) is 4.39 Å². The molecular formula is C26H26ClFN2O. The van der Waals surface area contributed by atoms with Crippen molar-refractivity contribution in [1.29, 1.82) is 0 Å². The number of hydrogen-bond acceptors (Lipinski definition) is 2. The summed E-state index contributed by atoms with van der Waals surface area (Å²) in [6.45, 7) is 1.57. The van der Waals surface area contributed by atoms with Gasteiger partial charge in [0.15, 0.2) is 0 Å². The minimum absolute atomic E-state index is 0.0224. The van der Waals surface area contributed by atoms with Gasteiger partial charge in [-0.3, -0.25) is 9.69 Å². The number of carbonyl (C=O) groups is 1. The maximum atomic E-state index is 13.9. The number of likely N-dealkylation sites (tertiary alicyclic amines) is 1. The van der Waals surface area contributed by atoms with Crippen molar-refractivity contribution in [2.45, 2.75) is 32.0 Å². The number of piperidine rings is 1. The summed E-state index contributed by atoms with van der Waals surface area (Å²) in [5, 5.41) is 3.64. The molecule has 4 rings (SSSR count). The van der Waals surface area contributed by atoms with Crippen molar-refractivity contribution in [3.63, 3.8) is 0 Å². The molecule has 1 fully saturated rings. The Labute approximate surface area is 187 Å². The summed E-state index contributed by atoms with van der Waals surface area (Å²) in [5.74, 6) is -0.449. The van der Waals surface area contributed by atoms with Crippen LogP contribution in [0.25, 0.3) is 0 Å². The van der Waals surface area contributed by atoms with Crippen LogP contribution in [0.3, 0.4) is 0 Å². The summed E-state index contributed by atoms with van der Waals surface area (Å²) in [4.78, 5) is 15.3. The van der Waals surface area contributed by atoms with E-state index in [4.69, 9.17) is 11.6 Å². The number of amides is 1. The normalized spacial score (nSPS) is 19.2. The molecule has 5 heteroatoms. The monoisotopic (exact) mass is 436 g/mol. The topological polar surface area (TPSA) is 32.3 Å². The van der Waals surface area contributed by atoms with Gasteiger partial charge in [-0.2, -0.15) is 0 Å². The van der Waals surface area contributed by atoms with Crippen LogP contribution in [-0.4, -0.2) is 17.4 Å². The molecule has 1 N–H and O–H groups in total. The second kappa shape index (κ2) is 10.1. The molecule has 2 atom stereocenters. The summed E-state index contributed by atoms with van der Waals surface area (Å²) in [5.41, 5.74) is 2.89. The lowest BCUT2D eigenvalue weighted by Crippen LogP contribution is -2.44. The van der Waals surface area contributed by atoms with E-state index in [1.165, 1.54) is 11.6 Å². The average molecular weight is 437 g/mol. The van der Waals surface area contributed by atoms with Gasteiger partial charge in [-0.25, -0.2) is 4.39 Å². The Morgan fingerprint density at radius 3 is 2.55 bits per heavy atom. The van der Waals surface area contributed by atoms with Crippen LogP contribution in [0.1, 0.15) is 35.6 Å². The molecule has 0 unspecified atom stereocenters. The number of rotatable bonds is 6. The molecule has 3 nitrogen and oxygen atoms in total. The van der Waals surface area contributed by atoms with Gasteiger partial charge in [0.25, 0.3) is 0 Å². The van der Waals surface area contributed by atoms with E-state index in [2.05, 4.69) is 40.5 Å². The van der Waals surface area contributed by atoms with Gasteiger partial charge in [-0.05, 0) is 42.2 Å². The molecule has 3 aromatic rings. The van der Waals surface area contributed by atoms with Gasteiger partial charge >= 0.3 is 0 Å². The van der Waals surface area contributed by atoms with Crippen LogP contribution >= 0.6 is 11.6 Å². The number of nitrogens with one attached hydrogen (secondary N) is 1. The van der Waals surface area contributed by atoms with Crippen LogP contribution in [0.15, 0.2) is 78.9 Å². The van der Waals surface area contributed by atoms with Crippen molar-refractivity contribution >= 4 is 17.5 Å². The van der Waals surface area contributed by atoms with Crippen LogP contribution in [0, 0.1) is 11.7 Å². The fourth-order valence-corrected chi connectivity index (χ4v) is 4.54. The minimum atomic E-state index is -0.293. The first-order valence-electron chi connectivity index (χ1n) is 10.6. The maximum absolute atomic E-state index is 13.9. The van der Waals surface area contributed by atoms with Crippen molar-refractivity contribution in [3.8, 4) is 0 Å². The van der Waals surface area contributed by atoms with E-state index in [1.54, 1.807) is 18.2 Å². The first-order chi connectivity index (χ1) is 15.1. The third kappa shape index (κ3) is 5.52. The Hall–Kier alpha value is -2.69. The quantitative estimate of drug-likeness (QED) is 0.533. The SMILES string of the molecule is O=C(NCc1ccccc1F)[C@@H]1CC[C@H](c2ccccc2)N(Cc2cccc(Cl)c2)C1. The summed E-state index contributed by atoms with van der Waals surface area (Å²) in [7, 11) is 0. The molecule has 0 spiro atoms. The van der Waals surface area contributed by atoms with Gasteiger partial charge < -0.3 is 5.32 Å². The fraction of sp³-hybridized carbons (Fsp3) is 0.269. The molecule has 3 aromatic carbocycles. The zero-order chi connectivity index (χ0) is 21.6. The number of hydrogen-bond donors (Lipinski definition) is 1. The molecule has 0 aliphatic carbocycles. The standard InChI is InChI=1S/C26H26ClFN2O/c27-23-11-6-7-19(15-23)17-30-18-22(13-14-25(30)20-8-2-1-3-9-20)26(31)29-16-21-10-4-5-12-24(21)28/h1-12,15,22,25H,13-14,16-18H2,(H,29,31)/t22-,25-/m1/s1. The second-order valence-corrected chi connectivity index (χ2v) is 8.51. The van der Waals surface area contributed by atoms with Crippen molar-refractivity contribution in [1.82, 2.24) is 10.2 Å². The highest BCUT2D eigenvalue weighted by Gasteiger charge is 2.32. The molecule has 0 radical (unpaired) electrons. The Morgan fingerprint density at radius 2 is 1.77 bits per heavy atom. The molecule has 1 aliphatic heterocycles. The first kappa shape index (κ1) is 21.5. The zero-order valence-electron chi connectivity index (χ0n) is 17.3. The summed E-state index contributed by atoms with van der Waals surface area (Å²) in [6, 6.07) is 25.1. The first-order valence-corrected chi connectivity index (χ1v) is 11.0. The molecule has 0 bridgehead atoms. The van der Waals surface area contributed by atoms with Crippen molar-refractivity contribution in [2.75, 3.05) is 6.54 Å². The number of carbonyl (C=O) groups excluding carboxylic acids is 1. The predicted octanol–water partition coefficient (Wildman–Crippen LogP) is 5.75. The van der Waals surface area contributed by atoms with Crippen LogP contribution in [0.5, 0.6) is 0 Å². The highest BCUT2D eigenvalue weighted by atomic mass is 35.5. The summed E-state index contributed by atoms with van der Waals surface area (Å²) >= 11 is 6.19. The van der Waals surface area contributed by atoms with Crippen molar-refractivity contribution in [2.24, 2.45) is 5.92 Å². The molecule has 31 heavy (non-hydrogen) atoms. The van der Waals surface area contributed by atoms with Crippen LogP contribution in [0.2, 0.25) is 5.02 Å². The van der Waals surface area contributed by atoms with Crippen molar-refractivity contribution < 1.29 is 9.18 Å². The Morgan fingerprint density at radius 1 is 1.00 bits per heavy atom. The number of benzene rings is 3. The summed E-state index contributed by atoms with van der Waals surface area (Å²) < 4.78 is 13.9. The lowest BCUT2D eigenvalue weighted by atomic mass is 9.88. The van der Waals surface area contributed by atoms with Crippen LogP contribution < -0.4 is 5.32 Å². The number of nitrogens with zero attached hydrogens (tertiary/aromatic N) is 1. The van der Waals surface area contributed by atoms with E-state index >= 15 is 0 Å². The predicted molar refractivity (Wildman–Crippen MR) is 122 cm³/mol. The molecular weight excluding hydrogens is 411 g/mol. The van der Waals surface area contributed by atoms with Gasteiger partial charge in [-0.1, -0.05) is 72.3 Å². The van der Waals surface area contributed by atoms with Crippen LogP contribution in [-0.2, 0) is 17.9 Å². The van der Waals surface area contributed by atoms with E-state index in [9.17, 15) is 9.18 Å².